The van der Waals surface area contributed by atoms with Gasteiger partial charge < -0.3 is 10.8 Å². The minimum Gasteiger partial charge on any atom is -0.398 e. The smallest absolute Gasteiger partial charge is 0.0558 e. The van der Waals surface area contributed by atoms with Crippen LogP contribution in [-0.4, -0.2) is 54.2 Å². The van der Waals surface area contributed by atoms with E-state index in [0.717, 1.165) is 49.4 Å². The van der Waals surface area contributed by atoms with E-state index in [1.807, 2.05) is 18.2 Å². The van der Waals surface area contributed by atoms with E-state index in [4.69, 9.17) is 10.8 Å². The zero-order chi connectivity index (χ0) is 13.0. The van der Waals surface area contributed by atoms with Crippen molar-refractivity contribution in [2.75, 3.05) is 45.1 Å². The molecule has 1 heterocycles. The van der Waals surface area contributed by atoms with Crippen molar-refractivity contribution in [1.82, 2.24) is 9.80 Å². The molecule has 1 aliphatic heterocycles. The van der Waals surface area contributed by atoms with Gasteiger partial charge in [0.2, 0.25) is 0 Å². The average molecular weight is 314 g/mol. The van der Waals surface area contributed by atoms with E-state index in [1.54, 1.807) is 0 Å². The second-order valence-electron chi connectivity index (χ2n) is 4.65. The normalized spacial score (nSPS) is 18.1. The highest BCUT2D eigenvalue weighted by Crippen LogP contribution is 2.24. The summed E-state index contributed by atoms with van der Waals surface area (Å²) in [6.07, 6.45) is 0. The zero-order valence-electron chi connectivity index (χ0n) is 10.5. The van der Waals surface area contributed by atoms with Gasteiger partial charge in [-0.25, -0.2) is 0 Å². The first-order valence-corrected chi connectivity index (χ1v) is 7.08. The molecule has 0 amide bonds. The van der Waals surface area contributed by atoms with Crippen LogP contribution in [0.1, 0.15) is 5.56 Å². The summed E-state index contributed by atoms with van der Waals surface area (Å²) >= 11 is 3.56. The molecule has 5 heteroatoms. The number of anilines is 1. The number of aliphatic hydroxyl groups is 1. The third kappa shape index (κ3) is 3.45. The van der Waals surface area contributed by atoms with Crippen LogP contribution in [0.25, 0.3) is 0 Å². The highest BCUT2D eigenvalue weighted by atomic mass is 79.9. The van der Waals surface area contributed by atoms with Crippen molar-refractivity contribution in [2.45, 2.75) is 6.54 Å². The van der Waals surface area contributed by atoms with E-state index >= 15 is 0 Å². The van der Waals surface area contributed by atoms with Gasteiger partial charge in [-0.3, -0.25) is 9.80 Å². The van der Waals surface area contributed by atoms with Gasteiger partial charge in [0.1, 0.15) is 0 Å². The third-order valence-electron chi connectivity index (χ3n) is 3.42. The topological polar surface area (TPSA) is 52.7 Å². The van der Waals surface area contributed by atoms with E-state index < -0.39 is 0 Å². The molecule has 3 N–H and O–H groups in total. The van der Waals surface area contributed by atoms with E-state index in [1.165, 1.54) is 5.56 Å². The summed E-state index contributed by atoms with van der Waals surface area (Å²) in [4.78, 5) is 4.70. The van der Waals surface area contributed by atoms with Gasteiger partial charge in [-0.2, -0.15) is 0 Å². The fourth-order valence-corrected chi connectivity index (χ4v) is 2.79. The fraction of sp³-hybridized carbons (Fsp3) is 0.538. The van der Waals surface area contributed by atoms with Crippen molar-refractivity contribution in [3.05, 3.63) is 28.2 Å². The van der Waals surface area contributed by atoms with Crippen LogP contribution in [0.4, 0.5) is 5.69 Å². The Kier molecular flexibility index (Phi) is 5.00. The number of benzene rings is 1. The molecule has 0 aromatic heterocycles. The lowest BCUT2D eigenvalue weighted by molar-refractivity contribution is 0.108. The van der Waals surface area contributed by atoms with Gasteiger partial charge in [-0.05, 0) is 12.1 Å². The summed E-state index contributed by atoms with van der Waals surface area (Å²) < 4.78 is 1.08. The van der Waals surface area contributed by atoms with Gasteiger partial charge in [-0.15, -0.1) is 0 Å². The highest BCUT2D eigenvalue weighted by Gasteiger charge is 2.17. The van der Waals surface area contributed by atoms with Crippen molar-refractivity contribution in [3.63, 3.8) is 0 Å². The molecular formula is C13H20BrN3O. The average Bonchev–Trinajstić information content (AvgIpc) is 2.36. The molecule has 0 atom stereocenters. The summed E-state index contributed by atoms with van der Waals surface area (Å²) in [7, 11) is 0. The SMILES string of the molecule is Nc1cccc(Br)c1CN1CCN(CCO)CC1. The Hall–Kier alpha value is -0.620. The van der Waals surface area contributed by atoms with E-state index in [2.05, 4.69) is 25.7 Å². The molecule has 0 spiro atoms. The summed E-state index contributed by atoms with van der Waals surface area (Å²) in [5.41, 5.74) is 8.04. The first-order chi connectivity index (χ1) is 8.70. The molecule has 1 aromatic rings. The molecule has 100 valence electrons. The number of nitrogen functional groups attached to an aromatic ring is 1. The maximum Gasteiger partial charge on any atom is 0.0558 e. The van der Waals surface area contributed by atoms with E-state index in [-0.39, 0.29) is 6.61 Å². The number of aliphatic hydroxyl groups excluding tert-OH is 1. The third-order valence-corrected chi connectivity index (χ3v) is 4.16. The van der Waals surface area contributed by atoms with Crippen molar-refractivity contribution >= 4 is 21.6 Å². The van der Waals surface area contributed by atoms with Gasteiger partial charge >= 0.3 is 0 Å². The number of halogens is 1. The molecule has 1 aliphatic rings. The molecule has 1 aromatic carbocycles. The molecule has 2 rings (SSSR count). The fourth-order valence-electron chi connectivity index (χ4n) is 2.28. The van der Waals surface area contributed by atoms with Crippen molar-refractivity contribution in [2.24, 2.45) is 0 Å². The number of β-amino-alcohol motifs (C(OH)–C–C–N with tert-alkyl or cyclic N) is 1. The van der Waals surface area contributed by atoms with E-state index in [0.29, 0.717) is 0 Å². The number of rotatable bonds is 4. The van der Waals surface area contributed by atoms with Gasteiger partial charge in [0.25, 0.3) is 0 Å². The number of nitrogens with zero attached hydrogens (tertiary/aromatic N) is 2. The Morgan fingerprint density at radius 2 is 1.83 bits per heavy atom. The number of hydrogen-bond acceptors (Lipinski definition) is 4. The predicted octanol–water partition coefficient (Wildman–Crippen LogP) is 1.14. The lowest BCUT2D eigenvalue weighted by Crippen LogP contribution is -2.46. The van der Waals surface area contributed by atoms with Crippen molar-refractivity contribution < 1.29 is 5.11 Å². The van der Waals surface area contributed by atoms with Crippen LogP contribution in [0.3, 0.4) is 0 Å². The Labute approximate surface area is 117 Å². The number of nitrogens with two attached hydrogens (primary N) is 1. The lowest BCUT2D eigenvalue weighted by Gasteiger charge is -2.34. The first kappa shape index (κ1) is 13.8. The van der Waals surface area contributed by atoms with Crippen LogP contribution in [0, 0.1) is 0 Å². The van der Waals surface area contributed by atoms with Gasteiger partial charge in [0.15, 0.2) is 0 Å². The molecule has 0 saturated carbocycles. The molecule has 0 aliphatic carbocycles. The molecule has 4 nitrogen and oxygen atoms in total. The maximum absolute atomic E-state index is 8.91. The van der Waals surface area contributed by atoms with Crippen LogP contribution in [0.5, 0.6) is 0 Å². The monoisotopic (exact) mass is 313 g/mol. The van der Waals surface area contributed by atoms with Gasteiger partial charge in [0.05, 0.1) is 6.61 Å². The lowest BCUT2D eigenvalue weighted by atomic mass is 10.1. The first-order valence-electron chi connectivity index (χ1n) is 6.29. The van der Waals surface area contributed by atoms with Crippen molar-refractivity contribution in [3.8, 4) is 0 Å². The summed E-state index contributed by atoms with van der Waals surface area (Å²) in [5, 5.41) is 8.91. The Morgan fingerprint density at radius 1 is 1.17 bits per heavy atom. The standard InChI is InChI=1S/C13H20BrN3O/c14-12-2-1-3-13(15)11(12)10-17-6-4-16(5-7-17)8-9-18/h1-3,18H,4-10,15H2. The Bertz CT molecular complexity index is 372. The van der Waals surface area contributed by atoms with Crippen LogP contribution < -0.4 is 5.73 Å². The second kappa shape index (κ2) is 6.52. The zero-order valence-corrected chi connectivity index (χ0v) is 12.1. The van der Waals surface area contributed by atoms with Crippen LogP contribution >= 0.6 is 15.9 Å². The maximum atomic E-state index is 8.91. The van der Waals surface area contributed by atoms with Gasteiger partial charge in [-0.1, -0.05) is 22.0 Å². The quantitative estimate of drug-likeness (QED) is 0.819. The molecule has 18 heavy (non-hydrogen) atoms. The number of piperazine rings is 1. The minimum absolute atomic E-state index is 0.247. The summed E-state index contributed by atoms with van der Waals surface area (Å²) in [6, 6.07) is 5.94. The molecule has 0 unspecified atom stereocenters. The molecule has 0 radical (unpaired) electrons. The molecule has 1 fully saturated rings. The summed E-state index contributed by atoms with van der Waals surface area (Å²) in [5.74, 6) is 0. The molecular weight excluding hydrogens is 294 g/mol. The number of hydrogen-bond donors (Lipinski definition) is 2. The van der Waals surface area contributed by atoms with Crippen LogP contribution in [0.15, 0.2) is 22.7 Å². The minimum atomic E-state index is 0.247. The van der Waals surface area contributed by atoms with Crippen LogP contribution in [-0.2, 0) is 6.54 Å². The molecule has 1 saturated heterocycles. The summed E-state index contributed by atoms with van der Waals surface area (Å²) in [6.45, 7) is 6.01. The van der Waals surface area contributed by atoms with Gasteiger partial charge in [0, 0.05) is 55.0 Å². The van der Waals surface area contributed by atoms with Crippen LogP contribution in [0.2, 0.25) is 0 Å². The second-order valence-corrected chi connectivity index (χ2v) is 5.50. The largest absolute Gasteiger partial charge is 0.398 e. The van der Waals surface area contributed by atoms with E-state index in [9.17, 15) is 0 Å². The Balaban J connectivity index is 1.92. The van der Waals surface area contributed by atoms with Crippen molar-refractivity contribution in [1.29, 1.82) is 0 Å². The highest BCUT2D eigenvalue weighted by molar-refractivity contribution is 9.10. The molecule has 0 bridgehead atoms. The predicted molar refractivity (Wildman–Crippen MR) is 77.4 cm³/mol. The Morgan fingerprint density at radius 3 is 2.44 bits per heavy atom.